The number of carboxylic acids is 2. The summed E-state index contributed by atoms with van der Waals surface area (Å²) in [5.41, 5.74) is 0.695. The lowest BCUT2D eigenvalue weighted by atomic mass is 9.95. The van der Waals surface area contributed by atoms with E-state index in [1.54, 1.807) is 30.3 Å². The van der Waals surface area contributed by atoms with E-state index in [1.165, 1.54) is 18.5 Å². The molecule has 3 rings (SSSR count). The molecule has 0 aliphatic heterocycles. The number of hydrogen-bond donors (Lipinski definition) is 3. The minimum atomic E-state index is -1.25. The largest absolute Gasteiger partial charge is 0.478 e. The van der Waals surface area contributed by atoms with Crippen LogP contribution in [-0.2, 0) is 0 Å². The summed E-state index contributed by atoms with van der Waals surface area (Å²) in [5, 5.41) is 30.3. The monoisotopic (exact) mass is 312 g/mol. The molecule has 2 aromatic carbocycles. The second-order valence-corrected chi connectivity index (χ2v) is 4.27. The molecule has 0 aliphatic carbocycles. The van der Waals surface area contributed by atoms with Crippen LogP contribution in [0.5, 0.6) is 0 Å². The Morgan fingerprint density at radius 1 is 0.913 bits per heavy atom. The van der Waals surface area contributed by atoms with Gasteiger partial charge in [-0.2, -0.15) is 0 Å². The number of aromatic carboxylic acids is 2. The van der Waals surface area contributed by atoms with Gasteiger partial charge in [-0.25, -0.2) is 14.7 Å². The van der Waals surface area contributed by atoms with Gasteiger partial charge in [-0.05, 0) is 27.6 Å². The molecule has 1 heterocycles. The second-order valence-electron chi connectivity index (χ2n) is 4.27. The van der Waals surface area contributed by atoms with Crippen molar-refractivity contribution in [2.45, 2.75) is 0 Å². The molecule has 0 unspecified atom stereocenters. The van der Waals surface area contributed by atoms with Crippen molar-refractivity contribution in [3.63, 3.8) is 0 Å². The average Bonchev–Trinajstić information content (AvgIpc) is 3.14. The highest BCUT2D eigenvalue weighted by molar-refractivity contribution is 6.06. The summed E-state index contributed by atoms with van der Waals surface area (Å²) < 4.78 is 0. The normalized spacial score (nSPS) is 9.57. The van der Waals surface area contributed by atoms with E-state index < -0.39 is 11.9 Å². The lowest BCUT2D eigenvalue weighted by Crippen LogP contribution is -2.09. The molecular weight excluding hydrogens is 300 g/mol. The number of nitrogens with one attached hydrogen (secondary N) is 1. The molecule has 8 nitrogen and oxygen atoms in total. The lowest BCUT2D eigenvalue weighted by Gasteiger charge is -2.08. The fourth-order valence-corrected chi connectivity index (χ4v) is 1.95. The Balaban J connectivity index is 0.000000326. The molecule has 0 amide bonds. The number of H-pyrrole nitrogens is 1. The molecule has 0 radical (unpaired) electrons. The Labute approximate surface area is 130 Å². The number of carbonyl (C=O) groups is 2. The fourth-order valence-electron chi connectivity index (χ4n) is 1.95. The summed E-state index contributed by atoms with van der Waals surface area (Å²) in [7, 11) is 0. The highest BCUT2D eigenvalue weighted by Gasteiger charge is 2.20. The van der Waals surface area contributed by atoms with Crippen molar-refractivity contribution >= 4 is 11.9 Å². The van der Waals surface area contributed by atoms with Crippen LogP contribution in [0.3, 0.4) is 0 Å². The van der Waals surface area contributed by atoms with E-state index in [0.717, 1.165) is 0 Å². The molecule has 0 saturated heterocycles. The highest BCUT2D eigenvalue weighted by Crippen LogP contribution is 2.26. The Bertz CT molecular complexity index is 771. The molecule has 23 heavy (non-hydrogen) atoms. The molecule has 3 aromatic rings. The maximum Gasteiger partial charge on any atom is 0.337 e. The van der Waals surface area contributed by atoms with Crippen LogP contribution >= 0.6 is 0 Å². The van der Waals surface area contributed by atoms with E-state index in [1.807, 2.05) is 6.07 Å². The van der Waals surface area contributed by atoms with Crippen molar-refractivity contribution in [2.75, 3.05) is 0 Å². The number of aromatic amines is 1. The van der Waals surface area contributed by atoms with Crippen LogP contribution in [0.25, 0.3) is 11.1 Å². The summed E-state index contributed by atoms with van der Waals surface area (Å²) in [4.78, 5) is 22.3. The number of carboxylic acid groups (broad SMARTS) is 2. The van der Waals surface area contributed by atoms with E-state index in [4.69, 9.17) is 5.11 Å². The van der Waals surface area contributed by atoms with Gasteiger partial charge in [-0.3, -0.25) is 0 Å². The predicted molar refractivity (Wildman–Crippen MR) is 80.0 cm³/mol. The van der Waals surface area contributed by atoms with Gasteiger partial charge in [0.15, 0.2) is 0 Å². The predicted octanol–water partition coefficient (Wildman–Crippen LogP) is 1.95. The number of benzene rings is 2. The standard InChI is InChI=1S/C14H10O4.CH2N4/c15-13(16)11-8-4-7-10(12(11)14(17)18)9-5-2-1-3-6-9;1-2-4-5-3-1/h1-8H,(H,15,16)(H,17,18);1H,(H,2,3,4,5). The van der Waals surface area contributed by atoms with Gasteiger partial charge >= 0.3 is 11.9 Å². The quantitative estimate of drug-likeness (QED) is 0.674. The van der Waals surface area contributed by atoms with E-state index in [-0.39, 0.29) is 11.1 Å². The zero-order valence-corrected chi connectivity index (χ0v) is 11.7. The molecule has 116 valence electrons. The van der Waals surface area contributed by atoms with E-state index >= 15 is 0 Å². The Morgan fingerprint density at radius 3 is 2.13 bits per heavy atom. The SMILES string of the molecule is O=C(O)c1cccc(-c2ccccc2)c1C(=O)O.c1nnn[nH]1. The molecular formula is C15H12N4O4. The third-order valence-electron chi connectivity index (χ3n) is 2.86. The lowest BCUT2D eigenvalue weighted by molar-refractivity contribution is 0.0652. The Morgan fingerprint density at radius 2 is 1.65 bits per heavy atom. The van der Waals surface area contributed by atoms with Crippen molar-refractivity contribution in [1.82, 2.24) is 20.6 Å². The molecule has 0 atom stereocenters. The van der Waals surface area contributed by atoms with Crippen LogP contribution in [0.4, 0.5) is 0 Å². The second kappa shape index (κ2) is 7.46. The number of tetrazole rings is 1. The number of hydrogen-bond acceptors (Lipinski definition) is 5. The summed E-state index contributed by atoms with van der Waals surface area (Å²) >= 11 is 0. The van der Waals surface area contributed by atoms with Crippen molar-refractivity contribution in [3.8, 4) is 11.1 Å². The third-order valence-corrected chi connectivity index (χ3v) is 2.86. The molecule has 0 bridgehead atoms. The molecule has 1 aromatic heterocycles. The maximum atomic E-state index is 11.3. The van der Waals surface area contributed by atoms with Crippen LogP contribution in [0.1, 0.15) is 20.7 Å². The summed E-state index contributed by atoms with van der Waals surface area (Å²) in [5.74, 6) is -2.49. The highest BCUT2D eigenvalue weighted by atomic mass is 16.4. The van der Waals surface area contributed by atoms with Gasteiger partial charge < -0.3 is 10.2 Å². The molecule has 3 N–H and O–H groups in total. The molecule has 8 heteroatoms. The van der Waals surface area contributed by atoms with Crippen LogP contribution < -0.4 is 0 Å². The number of rotatable bonds is 3. The molecule has 0 fully saturated rings. The summed E-state index contributed by atoms with van der Waals surface area (Å²) in [6, 6.07) is 13.3. The van der Waals surface area contributed by atoms with Gasteiger partial charge in [0.1, 0.15) is 6.33 Å². The van der Waals surface area contributed by atoms with Gasteiger partial charge in [0, 0.05) is 0 Å². The zero-order valence-electron chi connectivity index (χ0n) is 11.7. The van der Waals surface area contributed by atoms with E-state index in [2.05, 4.69) is 20.6 Å². The summed E-state index contributed by atoms with van der Waals surface area (Å²) in [6.45, 7) is 0. The molecule has 0 saturated carbocycles. The first-order chi connectivity index (χ1) is 11.1. The third kappa shape index (κ3) is 3.97. The Kier molecular flexibility index (Phi) is 5.13. The molecule has 0 aliphatic rings. The minimum Gasteiger partial charge on any atom is -0.478 e. The van der Waals surface area contributed by atoms with Gasteiger partial charge in [0.25, 0.3) is 0 Å². The van der Waals surface area contributed by atoms with Crippen molar-refractivity contribution in [1.29, 1.82) is 0 Å². The number of aromatic nitrogens is 4. The van der Waals surface area contributed by atoms with Crippen LogP contribution in [-0.4, -0.2) is 42.8 Å². The van der Waals surface area contributed by atoms with Gasteiger partial charge in [-0.1, -0.05) is 42.5 Å². The topological polar surface area (TPSA) is 129 Å². The first-order valence-electron chi connectivity index (χ1n) is 6.43. The first-order valence-corrected chi connectivity index (χ1v) is 6.43. The summed E-state index contributed by atoms with van der Waals surface area (Å²) in [6.07, 6.45) is 1.40. The van der Waals surface area contributed by atoms with Crippen molar-refractivity contribution in [2.24, 2.45) is 0 Å². The smallest absolute Gasteiger partial charge is 0.337 e. The van der Waals surface area contributed by atoms with Gasteiger partial charge in [-0.15, -0.1) is 5.10 Å². The Hall–Kier alpha value is -3.55. The first kappa shape index (κ1) is 15.8. The van der Waals surface area contributed by atoms with E-state index in [0.29, 0.717) is 11.1 Å². The van der Waals surface area contributed by atoms with Gasteiger partial charge in [0.2, 0.25) is 0 Å². The van der Waals surface area contributed by atoms with Gasteiger partial charge in [0.05, 0.1) is 11.1 Å². The molecule has 0 spiro atoms. The maximum absolute atomic E-state index is 11.3. The van der Waals surface area contributed by atoms with Crippen molar-refractivity contribution in [3.05, 3.63) is 66.0 Å². The van der Waals surface area contributed by atoms with Crippen LogP contribution in [0, 0.1) is 0 Å². The fraction of sp³-hybridized carbons (Fsp3) is 0. The van der Waals surface area contributed by atoms with Crippen molar-refractivity contribution < 1.29 is 19.8 Å². The zero-order chi connectivity index (χ0) is 16.7. The minimum absolute atomic E-state index is 0.184. The average molecular weight is 312 g/mol. The number of nitrogens with zero attached hydrogens (tertiary/aromatic N) is 3. The van der Waals surface area contributed by atoms with Crippen LogP contribution in [0.2, 0.25) is 0 Å². The van der Waals surface area contributed by atoms with Crippen LogP contribution in [0.15, 0.2) is 54.9 Å². The van der Waals surface area contributed by atoms with E-state index in [9.17, 15) is 14.7 Å².